The van der Waals surface area contributed by atoms with Crippen LogP contribution in [0.2, 0.25) is 0 Å². The number of aliphatic imine (C=N–C) groups is 1. The molecule has 1 atom stereocenters. The monoisotopic (exact) mass is 494 g/mol. The molecule has 0 aliphatic carbocycles. The fourth-order valence-electron chi connectivity index (χ4n) is 2.91. The zero-order valence-electron chi connectivity index (χ0n) is 15.9. The molecule has 1 unspecified atom stereocenters. The minimum atomic E-state index is -0.845. The maximum absolute atomic E-state index is 13.4. The largest absolute Gasteiger partial charge is 0.357 e. The fourth-order valence-corrected chi connectivity index (χ4v) is 2.91. The Kier molecular flexibility index (Phi) is 10.6. The van der Waals surface area contributed by atoms with Crippen LogP contribution in [0.25, 0.3) is 0 Å². The van der Waals surface area contributed by atoms with E-state index in [-0.39, 0.29) is 35.8 Å². The minimum absolute atomic E-state index is 0. The van der Waals surface area contributed by atoms with Crippen LogP contribution in [0.4, 0.5) is 8.78 Å². The number of guanidine groups is 1. The highest BCUT2D eigenvalue weighted by Crippen LogP contribution is 2.18. The molecule has 1 aliphatic heterocycles. The summed E-state index contributed by atoms with van der Waals surface area (Å²) < 4.78 is 26.4. The second-order valence-corrected chi connectivity index (χ2v) is 6.56. The Bertz CT molecular complexity index is 636. The lowest BCUT2D eigenvalue weighted by molar-refractivity contribution is -0.129. The minimum Gasteiger partial charge on any atom is -0.357 e. The number of hydrogen-bond donors (Lipinski definition) is 2. The van der Waals surface area contributed by atoms with Crippen LogP contribution in [0.5, 0.6) is 0 Å². The Morgan fingerprint density at radius 3 is 2.56 bits per heavy atom. The van der Waals surface area contributed by atoms with Crippen molar-refractivity contribution in [3.63, 3.8) is 0 Å². The average molecular weight is 494 g/mol. The van der Waals surface area contributed by atoms with Crippen molar-refractivity contribution in [1.82, 2.24) is 15.5 Å². The van der Waals surface area contributed by atoms with E-state index in [2.05, 4.69) is 15.6 Å². The van der Waals surface area contributed by atoms with E-state index in [0.717, 1.165) is 32.0 Å². The summed E-state index contributed by atoms with van der Waals surface area (Å²) in [5, 5.41) is 6.29. The first-order valence-corrected chi connectivity index (χ1v) is 9.26. The Morgan fingerprint density at radius 1 is 1.22 bits per heavy atom. The van der Waals surface area contributed by atoms with Crippen LogP contribution in [0.15, 0.2) is 23.2 Å². The number of rotatable bonds is 7. The van der Waals surface area contributed by atoms with Gasteiger partial charge < -0.3 is 15.5 Å². The molecule has 0 radical (unpaired) electrons. The van der Waals surface area contributed by atoms with Crippen LogP contribution < -0.4 is 10.6 Å². The summed E-state index contributed by atoms with van der Waals surface area (Å²) in [4.78, 5) is 18.4. The molecule has 0 aromatic heterocycles. The van der Waals surface area contributed by atoms with Gasteiger partial charge in [-0.15, -0.1) is 24.0 Å². The van der Waals surface area contributed by atoms with E-state index in [0.29, 0.717) is 37.6 Å². The smallest absolute Gasteiger partial charge is 0.224 e. The van der Waals surface area contributed by atoms with E-state index in [1.54, 1.807) is 6.07 Å². The summed E-state index contributed by atoms with van der Waals surface area (Å²) in [5.41, 5.74) is 0.702. The van der Waals surface area contributed by atoms with Gasteiger partial charge in [0.05, 0.1) is 0 Å². The first-order valence-electron chi connectivity index (χ1n) is 9.26. The molecule has 0 bridgehead atoms. The van der Waals surface area contributed by atoms with E-state index >= 15 is 0 Å². The summed E-state index contributed by atoms with van der Waals surface area (Å²) in [7, 11) is 0. The van der Waals surface area contributed by atoms with Gasteiger partial charge in [0.25, 0.3) is 0 Å². The van der Waals surface area contributed by atoms with Gasteiger partial charge in [-0.2, -0.15) is 0 Å². The quantitative estimate of drug-likeness (QED) is 0.348. The molecule has 1 saturated heterocycles. The van der Waals surface area contributed by atoms with Crippen LogP contribution in [0, 0.1) is 11.6 Å². The number of likely N-dealkylation sites (tertiary alicyclic amines) is 1. The predicted molar refractivity (Wildman–Crippen MR) is 115 cm³/mol. The summed E-state index contributed by atoms with van der Waals surface area (Å²) in [6.07, 6.45) is 2.61. The highest BCUT2D eigenvalue weighted by atomic mass is 127. The Hall–Kier alpha value is -1.45. The van der Waals surface area contributed by atoms with Crippen LogP contribution in [-0.2, 0) is 4.79 Å². The molecule has 27 heavy (non-hydrogen) atoms. The first-order chi connectivity index (χ1) is 12.5. The molecule has 1 aromatic carbocycles. The van der Waals surface area contributed by atoms with Crippen LogP contribution in [0.1, 0.15) is 44.6 Å². The van der Waals surface area contributed by atoms with E-state index in [9.17, 15) is 13.6 Å². The van der Waals surface area contributed by atoms with Gasteiger partial charge in [-0.1, -0.05) is 13.0 Å². The third kappa shape index (κ3) is 7.59. The van der Waals surface area contributed by atoms with Gasteiger partial charge in [-0.05, 0) is 37.5 Å². The number of hydrogen-bond acceptors (Lipinski definition) is 2. The van der Waals surface area contributed by atoms with Crippen molar-refractivity contribution < 1.29 is 13.6 Å². The number of amides is 1. The zero-order chi connectivity index (χ0) is 18.9. The molecule has 1 aliphatic rings. The van der Waals surface area contributed by atoms with Crippen LogP contribution in [-0.4, -0.2) is 49.5 Å². The standard InChI is InChI=1S/C19H28F2N4O.HI/c1-3-22-19(23-9-8-18(26)25-10-4-5-11-25)24-13-14(2)15-6-7-16(20)17(21)12-15;/h6-7,12,14H,3-5,8-11,13H2,1-2H3,(H2,22,23,24);1H. The second-order valence-electron chi connectivity index (χ2n) is 6.56. The summed E-state index contributed by atoms with van der Waals surface area (Å²) in [5.74, 6) is -0.949. The molecule has 2 rings (SSSR count). The fraction of sp³-hybridized carbons (Fsp3) is 0.579. The molecule has 1 aromatic rings. The number of carbonyl (C=O) groups excluding carboxylic acids is 1. The van der Waals surface area contributed by atoms with Crippen LogP contribution in [0.3, 0.4) is 0 Å². The number of benzene rings is 1. The third-order valence-electron chi connectivity index (χ3n) is 4.47. The number of nitrogens with one attached hydrogen (secondary N) is 2. The Labute approximate surface area is 177 Å². The van der Waals surface area contributed by atoms with Crippen molar-refractivity contribution in [3.8, 4) is 0 Å². The molecule has 2 N–H and O–H groups in total. The van der Waals surface area contributed by atoms with Crippen molar-refractivity contribution >= 4 is 35.8 Å². The topological polar surface area (TPSA) is 56.7 Å². The molecule has 1 amide bonds. The van der Waals surface area contributed by atoms with Gasteiger partial charge in [0.15, 0.2) is 17.6 Å². The molecule has 1 heterocycles. The summed E-state index contributed by atoms with van der Waals surface area (Å²) in [6, 6.07) is 3.93. The van der Waals surface area contributed by atoms with Gasteiger partial charge in [0.1, 0.15) is 0 Å². The Balaban J connectivity index is 0.00000364. The highest BCUT2D eigenvalue weighted by Gasteiger charge is 2.17. The van der Waals surface area contributed by atoms with E-state index in [4.69, 9.17) is 0 Å². The van der Waals surface area contributed by atoms with Gasteiger partial charge in [-0.3, -0.25) is 9.79 Å². The predicted octanol–water partition coefficient (Wildman–Crippen LogP) is 3.25. The van der Waals surface area contributed by atoms with Crippen molar-refractivity contribution in [2.45, 2.75) is 39.0 Å². The normalized spacial score (nSPS) is 15.3. The van der Waals surface area contributed by atoms with Gasteiger partial charge in [0.2, 0.25) is 5.91 Å². The lowest BCUT2D eigenvalue weighted by Gasteiger charge is -2.17. The van der Waals surface area contributed by atoms with Crippen molar-refractivity contribution in [2.24, 2.45) is 4.99 Å². The molecule has 0 saturated carbocycles. The summed E-state index contributed by atoms with van der Waals surface area (Å²) >= 11 is 0. The molecule has 0 spiro atoms. The third-order valence-corrected chi connectivity index (χ3v) is 4.47. The number of halogens is 3. The van der Waals surface area contributed by atoms with Crippen molar-refractivity contribution in [2.75, 3.05) is 32.7 Å². The second kappa shape index (κ2) is 12.1. The maximum Gasteiger partial charge on any atom is 0.224 e. The zero-order valence-corrected chi connectivity index (χ0v) is 18.3. The number of carbonyl (C=O) groups is 1. The first kappa shape index (κ1) is 23.6. The molecular formula is C19H29F2IN4O. The van der Waals surface area contributed by atoms with Gasteiger partial charge in [0, 0.05) is 45.1 Å². The molecule has 152 valence electrons. The maximum atomic E-state index is 13.4. The molecule has 1 fully saturated rings. The lowest BCUT2D eigenvalue weighted by atomic mass is 10.0. The average Bonchev–Trinajstić information content (AvgIpc) is 3.16. The SMILES string of the molecule is CCNC(=NCC(C)c1ccc(F)c(F)c1)NCCC(=O)N1CCCC1.I. The number of nitrogens with zero attached hydrogens (tertiary/aromatic N) is 2. The van der Waals surface area contributed by atoms with E-state index < -0.39 is 11.6 Å². The van der Waals surface area contributed by atoms with Crippen LogP contribution >= 0.6 is 24.0 Å². The molecular weight excluding hydrogens is 465 g/mol. The Morgan fingerprint density at radius 2 is 1.93 bits per heavy atom. The summed E-state index contributed by atoms with van der Waals surface area (Å²) in [6.45, 7) is 7.24. The van der Waals surface area contributed by atoms with E-state index in [1.807, 2.05) is 18.7 Å². The van der Waals surface area contributed by atoms with Crippen molar-refractivity contribution in [3.05, 3.63) is 35.4 Å². The van der Waals surface area contributed by atoms with Gasteiger partial charge in [-0.25, -0.2) is 8.78 Å². The molecule has 5 nitrogen and oxygen atoms in total. The van der Waals surface area contributed by atoms with Gasteiger partial charge >= 0.3 is 0 Å². The van der Waals surface area contributed by atoms with E-state index in [1.165, 1.54) is 6.07 Å². The molecule has 8 heteroatoms. The van der Waals surface area contributed by atoms with Crippen molar-refractivity contribution in [1.29, 1.82) is 0 Å². The lowest BCUT2D eigenvalue weighted by Crippen LogP contribution is -2.40. The highest BCUT2D eigenvalue weighted by molar-refractivity contribution is 14.0.